The molecule has 0 saturated carbocycles. The van der Waals surface area contributed by atoms with Crippen molar-refractivity contribution in [1.29, 1.82) is 0 Å². The van der Waals surface area contributed by atoms with Gasteiger partial charge >= 0.3 is 11.9 Å². The molecule has 1 N–H and O–H groups in total. The minimum atomic E-state index is -1.12. The van der Waals surface area contributed by atoms with Crippen molar-refractivity contribution in [1.82, 2.24) is 0 Å². The maximum absolute atomic E-state index is 12.2. The molecular weight excluding hydrogens is 352 g/mol. The summed E-state index contributed by atoms with van der Waals surface area (Å²) < 4.78 is 9.43. The molecule has 1 aromatic rings. The van der Waals surface area contributed by atoms with E-state index in [1.54, 1.807) is 0 Å². The molecule has 1 aromatic carbocycles. The second-order valence-electron chi connectivity index (χ2n) is 4.74. The minimum Gasteiger partial charge on any atom is -0.511 e. The molecule has 26 heavy (non-hydrogen) atoms. The molecule has 0 bridgehead atoms. The van der Waals surface area contributed by atoms with E-state index in [0.717, 1.165) is 12.1 Å². The smallest absolute Gasteiger partial charge is 0.342 e. The number of nitrogens with zero attached hydrogens (tertiary/aromatic N) is 2. The number of non-ortho nitro benzene ring substituents is 1. The van der Waals surface area contributed by atoms with Crippen LogP contribution in [0.1, 0.15) is 25.8 Å². The van der Waals surface area contributed by atoms with E-state index in [4.69, 9.17) is 4.74 Å². The summed E-state index contributed by atoms with van der Waals surface area (Å²) in [5.74, 6) is -2.79. The number of esters is 2. The standard InChI is InChI=1S/C15H16N2O9/c1-3-25-13(19)8-12(18)14(15(20)26-4-2)10-6-5-9(16(21)22)7-11(10)17(23)24/h5-7,18H,3-4,8H2,1-2H3/b14-12+. The monoisotopic (exact) mass is 368 g/mol. The first-order valence-electron chi connectivity index (χ1n) is 7.40. The number of benzene rings is 1. The molecule has 0 fully saturated rings. The zero-order valence-electron chi connectivity index (χ0n) is 14.0. The SMILES string of the molecule is CCOC(=O)C/C(O)=C(\C(=O)OCC)c1ccc([N+](=O)[O-])cc1[N+](=O)[O-]. The Labute approximate surface area is 147 Å². The van der Waals surface area contributed by atoms with Crippen LogP contribution in [0.15, 0.2) is 24.0 Å². The molecule has 0 amide bonds. The van der Waals surface area contributed by atoms with Crippen molar-refractivity contribution in [3.8, 4) is 0 Å². The third-order valence-electron chi connectivity index (χ3n) is 3.04. The quantitative estimate of drug-likeness (QED) is 0.239. The van der Waals surface area contributed by atoms with Gasteiger partial charge in [-0.05, 0) is 19.9 Å². The number of nitro groups is 2. The van der Waals surface area contributed by atoms with E-state index in [2.05, 4.69) is 4.74 Å². The van der Waals surface area contributed by atoms with Crippen molar-refractivity contribution in [2.24, 2.45) is 0 Å². The number of carbonyl (C=O) groups excluding carboxylic acids is 2. The number of ether oxygens (including phenoxy) is 2. The Morgan fingerprint density at radius 1 is 1.08 bits per heavy atom. The maximum atomic E-state index is 12.2. The number of aliphatic hydroxyl groups is 1. The summed E-state index contributed by atoms with van der Waals surface area (Å²) in [7, 11) is 0. The van der Waals surface area contributed by atoms with E-state index >= 15 is 0 Å². The molecule has 0 aliphatic rings. The molecule has 0 spiro atoms. The second-order valence-corrected chi connectivity index (χ2v) is 4.74. The molecule has 0 heterocycles. The van der Waals surface area contributed by atoms with Crippen LogP contribution in [0.3, 0.4) is 0 Å². The normalized spacial score (nSPS) is 11.3. The fraction of sp³-hybridized carbons (Fsp3) is 0.333. The largest absolute Gasteiger partial charge is 0.511 e. The third kappa shape index (κ3) is 5.00. The predicted molar refractivity (Wildman–Crippen MR) is 87.2 cm³/mol. The van der Waals surface area contributed by atoms with Gasteiger partial charge in [-0.2, -0.15) is 0 Å². The van der Waals surface area contributed by atoms with Crippen molar-refractivity contribution < 1.29 is 34.0 Å². The first-order chi connectivity index (χ1) is 12.2. The average Bonchev–Trinajstić information content (AvgIpc) is 2.55. The zero-order chi connectivity index (χ0) is 19.9. The van der Waals surface area contributed by atoms with Gasteiger partial charge in [-0.15, -0.1) is 0 Å². The number of nitro benzene ring substituents is 2. The maximum Gasteiger partial charge on any atom is 0.342 e. The molecule has 11 heteroatoms. The molecule has 0 saturated heterocycles. The van der Waals surface area contributed by atoms with Crippen molar-refractivity contribution in [3.63, 3.8) is 0 Å². The van der Waals surface area contributed by atoms with Crippen LogP contribution in [-0.4, -0.2) is 40.1 Å². The highest BCUT2D eigenvalue weighted by molar-refractivity contribution is 6.18. The van der Waals surface area contributed by atoms with Gasteiger partial charge < -0.3 is 14.6 Å². The fourth-order valence-corrected chi connectivity index (χ4v) is 2.02. The summed E-state index contributed by atoms with van der Waals surface area (Å²) in [6.07, 6.45) is -0.726. The lowest BCUT2D eigenvalue weighted by atomic mass is 10.0. The number of carbonyl (C=O) groups is 2. The van der Waals surface area contributed by atoms with Crippen LogP contribution in [0.5, 0.6) is 0 Å². The van der Waals surface area contributed by atoms with Gasteiger partial charge in [0.2, 0.25) is 0 Å². The molecule has 0 atom stereocenters. The zero-order valence-corrected chi connectivity index (χ0v) is 14.0. The molecule has 0 radical (unpaired) electrons. The first kappa shape index (κ1) is 20.5. The van der Waals surface area contributed by atoms with Gasteiger partial charge in [0.1, 0.15) is 17.8 Å². The highest BCUT2D eigenvalue weighted by Crippen LogP contribution is 2.32. The van der Waals surface area contributed by atoms with Crippen LogP contribution in [0.4, 0.5) is 11.4 Å². The molecule has 0 aromatic heterocycles. The van der Waals surface area contributed by atoms with E-state index < -0.39 is 56.5 Å². The van der Waals surface area contributed by atoms with Crippen molar-refractivity contribution in [3.05, 3.63) is 49.8 Å². The van der Waals surface area contributed by atoms with Crippen LogP contribution in [0.25, 0.3) is 5.57 Å². The fourth-order valence-electron chi connectivity index (χ4n) is 2.02. The van der Waals surface area contributed by atoms with E-state index in [9.17, 15) is 34.9 Å². The van der Waals surface area contributed by atoms with Crippen LogP contribution < -0.4 is 0 Å². The summed E-state index contributed by atoms with van der Waals surface area (Å²) >= 11 is 0. The summed E-state index contributed by atoms with van der Waals surface area (Å²) in [5.41, 5.74) is -2.42. The summed E-state index contributed by atoms with van der Waals surface area (Å²) in [6, 6.07) is 2.51. The van der Waals surface area contributed by atoms with Gasteiger partial charge in [0, 0.05) is 6.07 Å². The summed E-state index contributed by atoms with van der Waals surface area (Å²) in [6.45, 7) is 2.93. The Balaban J connectivity index is 3.57. The second kappa shape index (κ2) is 9.11. The third-order valence-corrected chi connectivity index (χ3v) is 3.04. The Morgan fingerprint density at radius 3 is 2.19 bits per heavy atom. The van der Waals surface area contributed by atoms with E-state index in [1.165, 1.54) is 13.8 Å². The van der Waals surface area contributed by atoms with Crippen molar-refractivity contribution >= 4 is 28.9 Å². The van der Waals surface area contributed by atoms with E-state index in [0.29, 0.717) is 6.07 Å². The molecular formula is C15H16N2O9. The van der Waals surface area contributed by atoms with E-state index in [-0.39, 0.29) is 13.2 Å². The van der Waals surface area contributed by atoms with Gasteiger partial charge in [0.05, 0.1) is 34.7 Å². The molecule has 11 nitrogen and oxygen atoms in total. The average molecular weight is 368 g/mol. The molecule has 140 valence electrons. The first-order valence-corrected chi connectivity index (χ1v) is 7.40. The minimum absolute atomic E-state index is 0.0263. The highest BCUT2D eigenvalue weighted by Gasteiger charge is 2.29. The van der Waals surface area contributed by atoms with Gasteiger partial charge in [-0.3, -0.25) is 25.0 Å². The van der Waals surface area contributed by atoms with Gasteiger partial charge in [-0.1, -0.05) is 0 Å². The molecule has 0 aliphatic carbocycles. The topological polar surface area (TPSA) is 159 Å². The Morgan fingerprint density at radius 2 is 1.69 bits per heavy atom. The van der Waals surface area contributed by atoms with Crippen molar-refractivity contribution in [2.75, 3.05) is 13.2 Å². The lowest BCUT2D eigenvalue weighted by Crippen LogP contribution is -2.14. The van der Waals surface area contributed by atoms with Crippen molar-refractivity contribution in [2.45, 2.75) is 20.3 Å². The van der Waals surface area contributed by atoms with Gasteiger partial charge in [0.15, 0.2) is 0 Å². The summed E-state index contributed by atoms with van der Waals surface area (Å²) in [4.78, 5) is 44.0. The highest BCUT2D eigenvalue weighted by atomic mass is 16.6. The number of hydrogen-bond acceptors (Lipinski definition) is 9. The lowest BCUT2D eigenvalue weighted by molar-refractivity contribution is -0.394. The molecule has 1 rings (SSSR count). The van der Waals surface area contributed by atoms with Gasteiger partial charge in [-0.25, -0.2) is 4.79 Å². The molecule has 0 unspecified atom stereocenters. The van der Waals surface area contributed by atoms with Crippen LogP contribution >= 0.6 is 0 Å². The number of hydrogen-bond donors (Lipinski definition) is 1. The van der Waals surface area contributed by atoms with Crippen LogP contribution in [0.2, 0.25) is 0 Å². The van der Waals surface area contributed by atoms with Crippen LogP contribution in [-0.2, 0) is 19.1 Å². The number of aliphatic hydroxyl groups excluding tert-OH is 1. The van der Waals surface area contributed by atoms with E-state index in [1.807, 2.05) is 0 Å². The molecule has 0 aliphatic heterocycles. The van der Waals surface area contributed by atoms with Crippen LogP contribution in [0, 0.1) is 20.2 Å². The Kier molecular flexibility index (Phi) is 7.20. The lowest BCUT2D eigenvalue weighted by Gasteiger charge is -2.11. The number of rotatable bonds is 8. The Bertz CT molecular complexity index is 770. The summed E-state index contributed by atoms with van der Waals surface area (Å²) in [5, 5.41) is 32.2. The predicted octanol–water partition coefficient (Wildman–Crippen LogP) is 2.29. The van der Waals surface area contributed by atoms with Gasteiger partial charge in [0.25, 0.3) is 11.4 Å². The Hall–Kier alpha value is -3.50.